The lowest BCUT2D eigenvalue weighted by Crippen LogP contribution is -2.06. The second-order valence-corrected chi connectivity index (χ2v) is 4.05. The summed E-state index contributed by atoms with van der Waals surface area (Å²) in [5, 5.41) is 11.8. The molecule has 0 radical (unpaired) electrons. The van der Waals surface area contributed by atoms with Crippen LogP contribution in [0.5, 0.6) is 5.75 Å². The summed E-state index contributed by atoms with van der Waals surface area (Å²) in [6, 6.07) is 5.99. The molecule has 0 saturated carbocycles. The van der Waals surface area contributed by atoms with E-state index in [0.29, 0.717) is 0 Å². The number of ether oxygens (including phenoxy) is 1. The van der Waals surface area contributed by atoms with E-state index in [2.05, 4.69) is 9.84 Å². The second kappa shape index (κ2) is 6.74. The summed E-state index contributed by atoms with van der Waals surface area (Å²) < 4.78 is 70.3. The maximum atomic E-state index is 13.4. The Balaban J connectivity index is 2.31. The highest BCUT2D eigenvalue weighted by Crippen LogP contribution is 2.27. The van der Waals surface area contributed by atoms with Crippen LogP contribution in [0, 0.1) is 40.6 Å². The molecule has 0 atom stereocenters. The third-order valence-corrected chi connectivity index (χ3v) is 2.66. The van der Waals surface area contributed by atoms with E-state index in [1.165, 1.54) is 18.4 Å². The highest BCUT2D eigenvalue weighted by molar-refractivity contribution is 5.84. The van der Waals surface area contributed by atoms with Crippen molar-refractivity contribution in [2.75, 3.05) is 5.43 Å². The zero-order valence-electron chi connectivity index (χ0n) is 11.1. The van der Waals surface area contributed by atoms with Crippen LogP contribution in [0.3, 0.4) is 0 Å². The molecule has 0 bridgehead atoms. The maximum Gasteiger partial charge on any atom is 0.292 e. The molecule has 118 valence electrons. The number of nitrogens with zero attached hydrogens (tertiary/aromatic N) is 2. The van der Waals surface area contributed by atoms with Gasteiger partial charge in [0.25, 0.3) is 6.26 Å². The van der Waals surface area contributed by atoms with Gasteiger partial charge in [-0.1, -0.05) is 12.1 Å². The molecule has 0 spiro atoms. The number of hydrogen-bond acceptors (Lipinski definition) is 4. The van der Waals surface area contributed by atoms with Crippen molar-refractivity contribution in [3.63, 3.8) is 0 Å². The molecule has 0 aliphatic carbocycles. The van der Waals surface area contributed by atoms with Crippen LogP contribution in [0.1, 0.15) is 5.56 Å². The average molecular weight is 327 g/mol. The van der Waals surface area contributed by atoms with Crippen LogP contribution < -0.4 is 10.2 Å². The van der Waals surface area contributed by atoms with Gasteiger partial charge in [0.2, 0.25) is 5.82 Å². The molecule has 2 rings (SSSR count). The van der Waals surface area contributed by atoms with E-state index in [9.17, 15) is 22.0 Å². The molecule has 9 heteroatoms. The van der Waals surface area contributed by atoms with Crippen molar-refractivity contribution in [3.05, 3.63) is 58.9 Å². The van der Waals surface area contributed by atoms with Crippen molar-refractivity contribution in [1.82, 2.24) is 0 Å². The fourth-order valence-corrected chi connectivity index (χ4v) is 1.60. The minimum absolute atomic E-state index is 0.0953. The van der Waals surface area contributed by atoms with Gasteiger partial charge in [0.15, 0.2) is 29.0 Å². The summed E-state index contributed by atoms with van der Waals surface area (Å²) in [5.41, 5.74) is 0.688. The van der Waals surface area contributed by atoms with E-state index in [0.717, 1.165) is 6.21 Å². The zero-order valence-corrected chi connectivity index (χ0v) is 11.1. The Bertz CT molecular complexity index is 788. The van der Waals surface area contributed by atoms with Crippen LogP contribution >= 0.6 is 0 Å². The molecular formula is C14H6F5N3O. The number of nitrogens with one attached hydrogen (secondary N) is 1. The fraction of sp³-hybridized carbons (Fsp3) is 0. The van der Waals surface area contributed by atoms with Crippen LogP contribution in [0.15, 0.2) is 29.4 Å². The summed E-state index contributed by atoms with van der Waals surface area (Å²) in [6.45, 7) is 0. The van der Waals surface area contributed by atoms with Crippen LogP contribution in [0.25, 0.3) is 0 Å². The van der Waals surface area contributed by atoms with E-state index >= 15 is 0 Å². The van der Waals surface area contributed by atoms with Crippen LogP contribution in [0.4, 0.5) is 27.6 Å². The highest BCUT2D eigenvalue weighted by Gasteiger charge is 2.25. The topological polar surface area (TPSA) is 57.4 Å². The Labute approximate surface area is 126 Å². The molecule has 1 N–H and O–H groups in total. The Morgan fingerprint density at radius 3 is 2.13 bits per heavy atom. The van der Waals surface area contributed by atoms with Crippen LogP contribution in [0.2, 0.25) is 0 Å². The smallest absolute Gasteiger partial charge is 0.292 e. The maximum absolute atomic E-state index is 13.4. The molecule has 0 saturated heterocycles. The second-order valence-electron chi connectivity index (χ2n) is 4.05. The van der Waals surface area contributed by atoms with Crippen molar-refractivity contribution in [2.45, 2.75) is 0 Å². The lowest BCUT2D eigenvalue weighted by atomic mass is 10.2. The molecule has 0 amide bonds. The van der Waals surface area contributed by atoms with Crippen LogP contribution in [-0.2, 0) is 0 Å². The molecule has 4 nitrogen and oxygen atoms in total. The molecule has 0 heterocycles. The zero-order chi connectivity index (χ0) is 17.0. The lowest BCUT2D eigenvalue weighted by molar-refractivity contribution is 0.381. The van der Waals surface area contributed by atoms with Gasteiger partial charge in [-0.25, -0.2) is 22.0 Å². The molecule has 0 fully saturated rings. The number of anilines is 1. The van der Waals surface area contributed by atoms with E-state index in [1.807, 2.05) is 0 Å². The first-order valence-electron chi connectivity index (χ1n) is 5.92. The molecular weight excluding hydrogens is 321 g/mol. The van der Waals surface area contributed by atoms with Gasteiger partial charge < -0.3 is 4.74 Å². The third-order valence-electron chi connectivity index (χ3n) is 2.66. The highest BCUT2D eigenvalue weighted by atomic mass is 19.2. The molecule has 0 aliphatic rings. The number of para-hydroxylation sites is 1. The molecule has 0 aromatic heterocycles. The Kier molecular flexibility index (Phi) is 4.75. The van der Waals surface area contributed by atoms with Crippen molar-refractivity contribution in [2.24, 2.45) is 5.10 Å². The van der Waals surface area contributed by atoms with Gasteiger partial charge in [-0.3, -0.25) is 5.43 Å². The van der Waals surface area contributed by atoms with Crippen LogP contribution in [-0.4, -0.2) is 6.21 Å². The predicted molar refractivity (Wildman–Crippen MR) is 70.1 cm³/mol. The molecule has 2 aromatic rings. The molecule has 0 unspecified atom stereocenters. The quantitative estimate of drug-likeness (QED) is 0.233. The van der Waals surface area contributed by atoms with Crippen molar-refractivity contribution in [1.29, 1.82) is 5.26 Å². The van der Waals surface area contributed by atoms with E-state index in [-0.39, 0.29) is 11.3 Å². The van der Waals surface area contributed by atoms with Crippen molar-refractivity contribution in [3.8, 4) is 12.0 Å². The van der Waals surface area contributed by atoms with E-state index in [1.54, 1.807) is 17.6 Å². The Morgan fingerprint density at radius 2 is 1.52 bits per heavy atom. The molecule has 0 aliphatic heterocycles. The lowest BCUT2D eigenvalue weighted by Gasteiger charge is -2.07. The van der Waals surface area contributed by atoms with E-state index in [4.69, 9.17) is 5.26 Å². The fourth-order valence-electron chi connectivity index (χ4n) is 1.60. The van der Waals surface area contributed by atoms with Gasteiger partial charge in [-0.05, 0) is 12.1 Å². The van der Waals surface area contributed by atoms with Gasteiger partial charge in [-0.15, -0.1) is 5.26 Å². The number of benzene rings is 2. The number of hydrogen-bond donors (Lipinski definition) is 1. The Hall–Kier alpha value is -3.15. The SMILES string of the molecule is N#COc1ccccc1/C=N\Nc1c(F)c(F)c(F)c(F)c1F. The summed E-state index contributed by atoms with van der Waals surface area (Å²) >= 11 is 0. The van der Waals surface area contributed by atoms with Gasteiger partial charge in [-0.2, -0.15) is 5.10 Å². The minimum Gasteiger partial charge on any atom is -0.387 e. The number of hydrazone groups is 1. The average Bonchev–Trinajstić information content (AvgIpc) is 2.56. The Morgan fingerprint density at radius 1 is 0.957 bits per heavy atom. The number of rotatable bonds is 4. The monoisotopic (exact) mass is 327 g/mol. The number of halogens is 5. The minimum atomic E-state index is -2.26. The summed E-state index contributed by atoms with van der Waals surface area (Å²) in [7, 11) is 0. The van der Waals surface area contributed by atoms with Gasteiger partial charge in [0, 0.05) is 5.56 Å². The van der Waals surface area contributed by atoms with Crippen molar-refractivity contribution >= 4 is 11.9 Å². The summed E-state index contributed by atoms with van der Waals surface area (Å²) in [5.74, 6) is -10.4. The molecule has 23 heavy (non-hydrogen) atoms. The van der Waals surface area contributed by atoms with Crippen molar-refractivity contribution < 1.29 is 26.7 Å². The first-order valence-corrected chi connectivity index (χ1v) is 5.92. The summed E-state index contributed by atoms with van der Waals surface area (Å²) in [4.78, 5) is 0. The first-order chi connectivity index (χ1) is 11.0. The van der Waals surface area contributed by atoms with Gasteiger partial charge in [0.05, 0.1) is 6.21 Å². The summed E-state index contributed by atoms with van der Waals surface area (Å²) in [6.07, 6.45) is 2.42. The normalized spacial score (nSPS) is 10.6. The standard InChI is InChI=1S/C14H6F5N3O/c15-9-10(16)12(18)14(13(19)11(9)17)22-21-5-7-3-1-2-4-8(7)23-6-20/h1-5,22H/b21-5-. The largest absolute Gasteiger partial charge is 0.387 e. The predicted octanol–water partition coefficient (Wildman–Crippen LogP) is 3.69. The van der Waals surface area contributed by atoms with E-state index < -0.39 is 34.8 Å². The first kappa shape index (κ1) is 16.2. The number of nitriles is 1. The van der Waals surface area contributed by atoms with Gasteiger partial charge >= 0.3 is 0 Å². The third kappa shape index (κ3) is 3.21. The van der Waals surface area contributed by atoms with Gasteiger partial charge in [0.1, 0.15) is 5.69 Å². The molecule has 2 aromatic carbocycles.